The van der Waals surface area contributed by atoms with Gasteiger partial charge in [0, 0.05) is 0 Å². The summed E-state index contributed by atoms with van der Waals surface area (Å²) in [5.74, 6) is -0.0113. The Hall–Kier alpha value is -1.37. The molecule has 1 fully saturated rings. The fourth-order valence-electron chi connectivity index (χ4n) is 2.15. The number of fused-ring (bicyclic) bond motifs is 1. The number of halogens is 2. The molecule has 1 unspecified atom stereocenters. The van der Waals surface area contributed by atoms with Crippen LogP contribution in [0.2, 0.25) is 0 Å². The fourth-order valence-corrected chi connectivity index (χ4v) is 2.15. The van der Waals surface area contributed by atoms with E-state index in [4.69, 9.17) is 4.52 Å². The normalized spacial score (nSPS) is 17.4. The van der Waals surface area contributed by atoms with E-state index in [0.29, 0.717) is 11.4 Å². The number of aromatic nitrogens is 2. The van der Waals surface area contributed by atoms with Crippen molar-refractivity contribution >= 4 is 47.5 Å². The first-order valence-corrected chi connectivity index (χ1v) is 6.00. The van der Waals surface area contributed by atoms with E-state index in [0.717, 1.165) is 30.5 Å². The zero-order valence-corrected chi connectivity index (χ0v) is 12.5. The van der Waals surface area contributed by atoms with Gasteiger partial charge < -0.3 is 15.2 Å². The first-order chi connectivity index (χ1) is 8.74. The predicted octanol–water partition coefficient (Wildman–Crippen LogP) is 2.07. The van der Waals surface area contributed by atoms with Crippen molar-refractivity contribution in [3.05, 3.63) is 18.0 Å². The molecule has 1 amide bonds. The molecule has 1 aliphatic heterocycles. The molecular formula is C12H16Cl2N4O2. The van der Waals surface area contributed by atoms with Crippen LogP contribution in [-0.2, 0) is 4.79 Å². The second kappa shape index (κ2) is 6.88. The molecule has 6 nitrogen and oxygen atoms in total. The molecule has 1 aliphatic rings. The quantitative estimate of drug-likeness (QED) is 0.886. The number of amides is 1. The molecule has 0 spiro atoms. The standard InChI is InChI=1S/C12H14N4O2.2ClH/c1-7-9-5-8(6-14-12(9)18-16-7)15-11(17)10-3-2-4-13-10;;/h5-6,10,13H,2-4H2,1H3,(H,15,17);2*1H. The van der Waals surface area contributed by atoms with Crippen LogP contribution in [0.1, 0.15) is 18.5 Å². The maximum absolute atomic E-state index is 11.9. The van der Waals surface area contributed by atoms with Gasteiger partial charge >= 0.3 is 0 Å². The van der Waals surface area contributed by atoms with Crippen molar-refractivity contribution < 1.29 is 9.32 Å². The van der Waals surface area contributed by atoms with Gasteiger partial charge in [-0.15, -0.1) is 24.8 Å². The minimum atomic E-state index is -0.0933. The molecule has 3 heterocycles. The molecule has 0 aromatic carbocycles. The summed E-state index contributed by atoms with van der Waals surface area (Å²) in [6.45, 7) is 2.75. The Kier molecular flexibility index (Phi) is 5.74. The maximum atomic E-state index is 11.9. The van der Waals surface area contributed by atoms with Crippen molar-refractivity contribution in [3.63, 3.8) is 0 Å². The van der Waals surface area contributed by atoms with Crippen LogP contribution in [0.3, 0.4) is 0 Å². The van der Waals surface area contributed by atoms with Crippen molar-refractivity contribution in [1.82, 2.24) is 15.5 Å². The molecule has 0 bridgehead atoms. The molecule has 2 aromatic rings. The Labute approximate surface area is 128 Å². The van der Waals surface area contributed by atoms with E-state index < -0.39 is 0 Å². The molecule has 8 heteroatoms. The number of rotatable bonds is 2. The van der Waals surface area contributed by atoms with Crippen molar-refractivity contribution in [2.75, 3.05) is 11.9 Å². The van der Waals surface area contributed by atoms with Gasteiger partial charge in [-0.3, -0.25) is 4.79 Å². The topological polar surface area (TPSA) is 80.1 Å². The van der Waals surface area contributed by atoms with Gasteiger partial charge in [0.2, 0.25) is 5.91 Å². The summed E-state index contributed by atoms with van der Waals surface area (Å²) in [6, 6.07) is 1.74. The van der Waals surface area contributed by atoms with Gasteiger partial charge in [0.05, 0.1) is 29.0 Å². The van der Waals surface area contributed by atoms with Crippen LogP contribution >= 0.6 is 24.8 Å². The van der Waals surface area contributed by atoms with Gasteiger partial charge in [-0.2, -0.15) is 0 Å². The van der Waals surface area contributed by atoms with Crippen molar-refractivity contribution in [1.29, 1.82) is 0 Å². The van der Waals surface area contributed by atoms with Crippen LogP contribution < -0.4 is 10.6 Å². The van der Waals surface area contributed by atoms with E-state index in [1.165, 1.54) is 0 Å². The van der Waals surface area contributed by atoms with Crippen LogP contribution in [0, 0.1) is 6.92 Å². The number of nitrogens with one attached hydrogen (secondary N) is 2. The van der Waals surface area contributed by atoms with Crippen LogP contribution in [0.4, 0.5) is 5.69 Å². The Morgan fingerprint density at radius 2 is 2.30 bits per heavy atom. The molecule has 20 heavy (non-hydrogen) atoms. The largest absolute Gasteiger partial charge is 0.336 e. The Bertz CT molecular complexity index is 596. The second-order valence-corrected chi connectivity index (χ2v) is 4.48. The zero-order chi connectivity index (χ0) is 12.5. The van der Waals surface area contributed by atoms with Crippen LogP contribution in [0.15, 0.2) is 16.8 Å². The number of carbonyl (C=O) groups is 1. The minimum absolute atomic E-state index is 0. The van der Waals surface area contributed by atoms with Crippen LogP contribution in [-0.4, -0.2) is 28.6 Å². The third kappa shape index (κ3) is 3.20. The third-order valence-electron chi connectivity index (χ3n) is 3.15. The SMILES string of the molecule is Cc1noc2ncc(NC(=O)C3CCCN3)cc12.Cl.Cl. The summed E-state index contributed by atoms with van der Waals surface area (Å²) < 4.78 is 5.02. The predicted molar refractivity (Wildman–Crippen MR) is 80.7 cm³/mol. The number of anilines is 1. The Morgan fingerprint density at radius 1 is 1.50 bits per heavy atom. The minimum Gasteiger partial charge on any atom is -0.336 e. The number of pyridine rings is 1. The number of nitrogens with zero attached hydrogens (tertiary/aromatic N) is 2. The summed E-state index contributed by atoms with van der Waals surface area (Å²) in [7, 11) is 0. The van der Waals surface area contributed by atoms with Crippen LogP contribution in [0.25, 0.3) is 11.1 Å². The van der Waals surface area contributed by atoms with Gasteiger partial charge in [0.15, 0.2) is 0 Å². The van der Waals surface area contributed by atoms with Crippen molar-refractivity contribution in [2.45, 2.75) is 25.8 Å². The highest BCUT2D eigenvalue weighted by Gasteiger charge is 2.22. The highest BCUT2D eigenvalue weighted by Crippen LogP contribution is 2.20. The maximum Gasteiger partial charge on any atom is 0.258 e. The highest BCUT2D eigenvalue weighted by atomic mass is 35.5. The van der Waals surface area contributed by atoms with Gasteiger partial charge in [-0.1, -0.05) is 5.16 Å². The van der Waals surface area contributed by atoms with E-state index >= 15 is 0 Å². The van der Waals surface area contributed by atoms with Gasteiger partial charge in [-0.25, -0.2) is 4.98 Å². The van der Waals surface area contributed by atoms with Crippen LogP contribution in [0.5, 0.6) is 0 Å². The van der Waals surface area contributed by atoms with E-state index in [-0.39, 0.29) is 36.8 Å². The summed E-state index contributed by atoms with van der Waals surface area (Å²) in [6.07, 6.45) is 3.51. The summed E-state index contributed by atoms with van der Waals surface area (Å²) in [5, 5.41) is 10.7. The molecule has 0 aliphatic carbocycles. The molecule has 0 radical (unpaired) electrons. The molecule has 110 valence electrons. The smallest absolute Gasteiger partial charge is 0.258 e. The number of aryl methyl sites for hydroxylation is 1. The molecule has 1 saturated heterocycles. The Balaban J connectivity index is 0.000001000. The monoisotopic (exact) mass is 318 g/mol. The molecule has 2 N–H and O–H groups in total. The van der Waals surface area contributed by atoms with Crippen molar-refractivity contribution in [3.8, 4) is 0 Å². The van der Waals surface area contributed by atoms with Gasteiger partial charge in [0.25, 0.3) is 5.71 Å². The van der Waals surface area contributed by atoms with E-state index in [1.54, 1.807) is 6.20 Å². The molecule has 0 saturated carbocycles. The lowest BCUT2D eigenvalue weighted by Gasteiger charge is -2.10. The number of hydrogen-bond acceptors (Lipinski definition) is 5. The summed E-state index contributed by atoms with van der Waals surface area (Å²) in [4.78, 5) is 16.1. The van der Waals surface area contributed by atoms with E-state index in [2.05, 4.69) is 20.8 Å². The molecular weight excluding hydrogens is 303 g/mol. The molecule has 2 aromatic heterocycles. The summed E-state index contributed by atoms with van der Waals surface area (Å²) in [5.41, 5.74) is 1.93. The fraction of sp³-hybridized carbons (Fsp3) is 0.417. The van der Waals surface area contributed by atoms with E-state index in [9.17, 15) is 4.79 Å². The molecule has 3 rings (SSSR count). The Morgan fingerprint density at radius 3 is 3.00 bits per heavy atom. The molecule has 1 atom stereocenters. The average molecular weight is 319 g/mol. The first kappa shape index (κ1) is 16.7. The second-order valence-electron chi connectivity index (χ2n) is 4.48. The first-order valence-electron chi connectivity index (χ1n) is 6.00. The highest BCUT2D eigenvalue weighted by molar-refractivity contribution is 5.96. The lowest BCUT2D eigenvalue weighted by Crippen LogP contribution is -2.35. The number of carbonyl (C=O) groups excluding carboxylic acids is 1. The van der Waals surface area contributed by atoms with Gasteiger partial charge in [0.1, 0.15) is 0 Å². The number of hydrogen-bond donors (Lipinski definition) is 2. The van der Waals surface area contributed by atoms with E-state index in [1.807, 2.05) is 13.0 Å². The van der Waals surface area contributed by atoms with Crippen molar-refractivity contribution in [2.24, 2.45) is 0 Å². The average Bonchev–Trinajstić information content (AvgIpc) is 3.00. The zero-order valence-electron chi connectivity index (χ0n) is 10.9. The lowest BCUT2D eigenvalue weighted by atomic mass is 10.2. The van der Waals surface area contributed by atoms with Gasteiger partial charge in [-0.05, 0) is 32.4 Å². The summed E-state index contributed by atoms with van der Waals surface area (Å²) >= 11 is 0. The third-order valence-corrected chi connectivity index (χ3v) is 3.15. The lowest BCUT2D eigenvalue weighted by molar-refractivity contribution is -0.117.